The van der Waals surface area contributed by atoms with E-state index in [1.807, 2.05) is 0 Å². The number of rotatable bonds is 5. The van der Waals surface area contributed by atoms with Gasteiger partial charge in [0, 0.05) is 12.7 Å². The maximum atomic E-state index is 12.4. The third-order valence-electron chi connectivity index (χ3n) is 3.18. The maximum Gasteiger partial charge on any atom is 0.445 e. The van der Waals surface area contributed by atoms with Crippen LogP contribution in [0, 0.1) is 5.92 Å². The topological polar surface area (TPSA) is 79.8 Å². The molecule has 0 atom stereocenters. The fraction of sp³-hybridized carbons (Fsp3) is 0.385. The molecule has 2 heterocycles. The number of pyridine rings is 1. The highest BCUT2D eigenvalue weighted by atomic mass is 32.1. The average Bonchev–Trinajstić information content (AvgIpc) is 3.21. The van der Waals surface area contributed by atoms with Crippen LogP contribution in [0.1, 0.15) is 28.2 Å². The van der Waals surface area contributed by atoms with Crippen molar-refractivity contribution in [2.75, 3.05) is 17.2 Å². The molecule has 1 aliphatic carbocycles. The molecule has 0 aliphatic heterocycles. The summed E-state index contributed by atoms with van der Waals surface area (Å²) in [5.74, 6) is 0.764. The van der Waals surface area contributed by atoms with Crippen LogP contribution in [0.25, 0.3) is 0 Å². The second-order valence-corrected chi connectivity index (χ2v) is 6.10. The molecule has 2 N–H and O–H groups in total. The van der Waals surface area contributed by atoms with Crippen molar-refractivity contribution in [2.24, 2.45) is 5.92 Å². The number of nitrogens with one attached hydrogen (secondary N) is 2. The Morgan fingerprint density at radius 3 is 2.65 bits per heavy atom. The van der Waals surface area contributed by atoms with Gasteiger partial charge in [0.2, 0.25) is 10.1 Å². The van der Waals surface area contributed by atoms with Gasteiger partial charge in [-0.2, -0.15) is 13.2 Å². The van der Waals surface area contributed by atoms with Crippen LogP contribution in [0.5, 0.6) is 0 Å². The summed E-state index contributed by atoms with van der Waals surface area (Å²) in [7, 11) is 0. The first-order chi connectivity index (χ1) is 10.9. The van der Waals surface area contributed by atoms with E-state index in [2.05, 4.69) is 25.8 Å². The monoisotopic (exact) mass is 343 g/mol. The third-order valence-corrected chi connectivity index (χ3v) is 4.07. The smallest absolute Gasteiger partial charge is 0.370 e. The number of amides is 1. The highest BCUT2D eigenvalue weighted by Crippen LogP contribution is 2.33. The van der Waals surface area contributed by atoms with Crippen LogP contribution < -0.4 is 10.6 Å². The largest absolute Gasteiger partial charge is 0.445 e. The van der Waals surface area contributed by atoms with Crippen LogP contribution in [-0.2, 0) is 6.18 Å². The molecule has 10 heteroatoms. The molecule has 1 fully saturated rings. The number of hydrogen-bond donors (Lipinski definition) is 2. The Labute approximate surface area is 133 Å². The Morgan fingerprint density at radius 1 is 1.30 bits per heavy atom. The minimum atomic E-state index is -4.57. The van der Waals surface area contributed by atoms with E-state index in [-0.39, 0.29) is 22.0 Å². The van der Waals surface area contributed by atoms with E-state index in [0.717, 1.165) is 6.54 Å². The number of nitrogens with zero attached hydrogens (tertiary/aromatic N) is 3. The van der Waals surface area contributed by atoms with Gasteiger partial charge in [-0.05, 0) is 30.9 Å². The molecule has 2 aromatic rings. The van der Waals surface area contributed by atoms with Crippen LogP contribution in [0.4, 0.5) is 24.1 Å². The van der Waals surface area contributed by atoms with Crippen molar-refractivity contribution in [1.82, 2.24) is 15.2 Å². The average molecular weight is 343 g/mol. The molecule has 0 unspecified atom stereocenters. The molecule has 1 aliphatic rings. The van der Waals surface area contributed by atoms with Gasteiger partial charge in [-0.3, -0.25) is 10.1 Å². The Bertz CT molecular complexity index is 696. The lowest BCUT2D eigenvalue weighted by Gasteiger charge is -2.05. The van der Waals surface area contributed by atoms with Crippen molar-refractivity contribution in [1.29, 1.82) is 0 Å². The van der Waals surface area contributed by atoms with Gasteiger partial charge < -0.3 is 5.32 Å². The van der Waals surface area contributed by atoms with E-state index in [4.69, 9.17) is 0 Å². The van der Waals surface area contributed by atoms with Gasteiger partial charge in [-0.1, -0.05) is 11.3 Å². The van der Waals surface area contributed by atoms with Gasteiger partial charge in [-0.15, -0.1) is 10.2 Å². The standard InChI is InChI=1S/C13H12F3N5OS/c14-13(15,16)11-20-21-12(23-11)19-10(22)8-3-4-9(18-6-8)17-5-7-1-2-7/h3-4,6-7H,1-2,5H2,(H,17,18)(H,19,21,22). The van der Waals surface area contributed by atoms with E-state index in [1.54, 1.807) is 12.1 Å². The normalized spacial score (nSPS) is 14.6. The maximum absolute atomic E-state index is 12.4. The Hall–Kier alpha value is -2.23. The van der Waals surface area contributed by atoms with Crippen LogP contribution in [0.3, 0.4) is 0 Å². The van der Waals surface area contributed by atoms with Gasteiger partial charge in [-0.25, -0.2) is 4.98 Å². The number of aromatic nitrogens is 3. The molecular formula is C13H12F3N5OS. The zero-order valence-corrected chi connectivity index (χ0v) is 12.5. The summed E-state index contributed by atoms with van der Waals surface area (Å²) < 4.78 is 37.3. The number of carbonyl (C=O) groups is 1. The van der Waals surface area contributed by atoms with Crippen LogP contribution in [0.2, 0.25) is 0 Å². The van der Waals surface area contributed by atoms with Crippen molar-refractivity contribution in [3.05, 3.63) is 28.9 Å². The van der Waals surface area contributed by atoms with Gasteiger partial charge in [0.15, 0.2) is 0 Å². The van der Waals surface area contributed by atoms with Crippen molar-refractivity contribution < 1.29 is 18.0 Å². The molecule has 0 spiro atoms. The molecule has 0 aromatic carbocycles. The second-order valence-electron chi connectivity index (χ2n) is 5.12. The minimum absolute atomic E-state index is 0.210. The number of halogens is 3. The highest BCUT2D eigenvalue weighted by molar-refractivity contribution is 7.15. The first-order valence-corrected chi connectivity index (χ1v) is 7.65. The highest BCUT2D eigenvalue weighted by Gasteiger charge is 2.35. The van der Waals surface area contributed by atoms with Crippen LogP contribution >= 0.6 is 11.3 Å². The van der Waals surface area contributed by atoms with Gasteiger partial charge in [0.05, 0.1) is 5.56 Å². The fourth-order valence-electron chi connectivity index (χ4n) is 1.76. The lowest BCUT2D eigenvalue weighted by atomic mass is 10.2. The molecule has 0 radical (unpaired) electrons. The Kier molecular flexibility index (Phi) is 4.16. The zero-order valence-electron chi connectivity index (χ0n) is 11.7. The Morgan fingerprint density at radius 2 is 2.09 bits per heavy atom. The number of anilines is 2. The summed E-state index contributed by atoms with van der Waals surface area (Å²) in [5.41, 5.74) is 0.228. The summed E-state index contributed by atoms with van der Waals surface area (Å²) in [6, 6.07) is 3.20. The quantitative estimate of drug-likeness (QED) is 0.872. The van der Waals surface area contributed by atoms with Gasteiger partial charge >= 0.3 is 6.18 Å². The van der Waals surface area contributed by atoms with E-state index in [9.17, 15) is 18.0 Å². The van der Waals surface area contributed by atoms with Gasteiger partial charge in [0.25, 0.3) is 5.91 Å². The lowest BCUT2D eigenvalue weighted by Crippen LogP contribution is -2.12. The van der Waals surface area contributed by atoms with Crippen LogP contribution in [-0.4, -0.2) is 27.6 Å². The molecule has 0 bridgehead atoms. The molecule has 0 saturated heterocycles. The number of alkyl halides is 3. The summed E-state index contributed by atoms with van der Waals surface area (Å²) >= 11 is 0.272. The molecule has 23 heavy (non-hydrogen) atoms. The van der Waals surface area contributed by atoms with E-state index in [1.165, 1.54) is 19.0 Å². The third kappa shape index (κ3) is 4.15. The molecule has 1 saturated carbocycles. The van der Waals surface area contributed by atoms with Crippen molar-refractivity contribution in [3.8, 4) is 0 Å². The number of hydrogen-bond acceptors (Lipinski definition) is 6. The molecule has 122 valence electrons. The van der Waals surface area contributed by atoms with Crippen molar-refractivity contribution in [3.63, 3.8) is 0 Å². The lowest BCUT2D eigenvalue weighted by molar-refractivity contribution is -0.138. The second kappa shape index (κ2) is 6.11. The van der Waals surface area contributed by atoms with Gasteiger partial charge in [0.1, 0.15) is 5.82 Å². The van der Waals surface area contributed by atoms with Crippen molar-refractivity contribution >= 4 is 28.2 Å². The summed E-state index contributed by atoms with van der Waals surface area (Å²) in [6.45, 7) is 0.851. The molecule has 6 nitrogen and oxygen atoms in total. The summed E-state index contributed by atoms with van der Waals surface area (Å²) in [4.78, 5) is 16.0. The minimum Gasteiger partial charge on any atom is -0.370 e. The molecule has 1 amide bonds. The fourth-order valence-corrected chi connectivity index (χ4v) is 2.37. The first kappa shape index (κ1) is 15.7. The summed E-state index contributed by atoms with van der Waals surface area (Å²) in [6.07, 6.45) is -0.780. The van der Waals surface area contributed by atoms with E-state index in [0.29, 0.717) is 11.7 Å². The molecule has 3 rings (SSSR count). The van der Waals surface area contributed by atoms with E-state index < -0.39 is 17.1 Å². The zero-order chi connectivity index (χ0) is 16.4. The summed E-state index contributed by atoms with van der Waals surface area (Å²) in [5, 5.41) is 10.4. The molecular weight excluding hydrogens is 331 g/mol. The number of carbonyl (C=O) groups excluding carboxylic acids is 1. The molecule has 2 aromatic heterocycles. The van der Waals surface area contributed by atoms with Crippen molar-refractivity contribution in [2.45, 2.75) is 19.0 Å². The van der Waals surface area contributed by atoms with E-state index >= 15 is 0 Å². The Balaban J connectivity index is 1.59. The van der Waals surface area contributed by atoms with Crippen LogP contribution in [0.15, 0.2) is 18.3 Å². The SMILES string of the molecule is O=C(Nc1nnc(C(F)(F)F)s1)c1ccc(NCC2CC2)nc1. The predicted molar refractivity (Wildman–Crippen MR) is 78.3 cm³/mol. The predicted octanol–water partition coefficient (Wildman–Crippen LogP) is 3.03. The first-order valence-electron chi connectivity index (χ1n) is 6.84.